The lowest BCUT2D eigenvalue weighted by molar-refractivity contribution is 0.299. The number of halogens is 1. The lowest BCUT2D eigenvalue weighted by Crippen LogP contribution is -2.35. The van der Waals surface area contributed by atoms with Crippen LogP contribution in [0.25, 0.3) is 0 Å². The molecule has 0 heterocycles. The van der Waals surface area contributed by atoms with Gasteiger partial charge in [-0.25, -0.2) is 13.1 Å². The van der Waals surface area contributed by atoms with Crippen LogP contribution in [0.5, 0.6) is 0 Å². The molecule has 1 aromatic rings. The number of benzene rings is 1. The van der Waals surface area contributed by atoms with E-state index >= 15 is 0 Å². The maximum absolute atomic E-state index is 11.7. The van der Waals surface area contributed by atoms with E-state index in [0.29, 0.717) is 18.0 Å². The summed E-state index contributed by atoms with van der Waals surface area (Å²) < 4.78 is 26.0. The largest absolute Gasteiger partial charge is 0.301 e. The van der Waals surface area contributed by atoms with Gasteiger partial charge in [0.05, 0.1) is 5.75 Å². The number of nitrogens with zero attached hydrogens (tertiary/aromatic N) is 1. The molecule has 6 heteroatoms. The van der Waals surface area contributed by atoms with Crippen molar-refractivity contribution < 1.29 is 8.42 Å². The van der Waals surface area contributed by atoms with Crippen molar-refractivity contribution in [1.82, 2.24) is 9.62 Å². The van der Waals surface area contributed by atoms with Gasteiger partial charge in [0.15, 0.2) is 0 Å². The van der Waals surface area contributed by atoms with Gasteiger partial charge < -0.3 is 4.90 Å². The minimum atomic E-state index is -3.19. The molecular formula is C13H21ClN2O2S. The molecule has 1 unspecified atom stereocenters. The number of sulfonamides is 1. The first-order valence-corrected chi connectivity index (χ1v) is 8.28. The van der Waals surface area contributed by atoms with Crippen LogP contribution in [0.1, 0.15) is 24.9 Å². The summed E-state index contributed by atoms with van der Waals surface area (Å²) in [5.74, 6) is 0.155. The van der Waals surface area contributed by atoms with E-state index < -0.39 is 10.0 Å². The molecule has 19 heavy (non-hydrogen) atoms. The zero-order chi connectivity index (χ0) is 14.5. The van der Waals surface area contributed by atoms with E-state index in [0.717, 1.165) is 5.56 Å². The molecule has 4 nitrogen and oxygen atoms in total. The summed E-state index contributed by atoms with van der Waals surface area (Å²) in [6.07, 6.45) is 0.610. The van der Waals surface area contributed by atoms with Crippen molar-refractivity contribution in [3.63, 3.8) is 0 Å². The molecule has 0 aliphatic rings. The van der Waals surface area contributed by atoms with E-state index in [1.54, 1.807) is 6.07 Å². The van der Waals surface area contributed by atoms with E-state index in [1.165, 1.54) is 0 Å². The quantitative estimate of drug-likeness (QED) is 0.841. The van der Waals surface area contributed by atoms with E-state index in [9.17, 15) is 8.42 Å². The van der Waals surface area contributed by atoms with Crippen LogP contribution in [0.3, 0.4) is 0 Å². The topological polar surface area (TPSA) is 49.4 Å². The highest BCUT2D eigenvalue weighted by Gasteiger charge is 2.17. The fraction of sp³-hybridized carbons (Fsp3) is 0.538. The van der Waals surface area contributed by atoms with Crippen LogP contribution in [0.15, 0.2) is 24.3 Å². The monoisotopic (exact) mass is 304 g/mol. The first kappa shape index (κ1) is 16.4. The molecule has 0 radical (unpaired) electrons. The Morgan fingerprint density at radius 2 is 2.05 bits per heavy atom. The Hall–Kier alpha value is -0.620. The van der Waals surface area contributed by atoms with E-state index in [2.05, 4.69) is 4.72 Å². The van der Waals surface area contributed by atoms with Crippen molar-refractivity contribution in [3.05, 3.63) is 34.9 Å². The first-order chi connectivity index (χ1) is 8.85. The minimum Gasteiger partial charge on any atom is -0.301 e. The highest BCUT2D eigenvalue weighted by atomic mass is 35.5. The summed E-state index contributed by atoms with van der Waals surface area (Å²) in [5, 5.41) is 0.653. The maximum atomic E-state index is 11.7. The predicted molar refractivity (Wildman–Crippen MR) is 80.0 cm³/mol. The molecule has 0 aliphatic heterocycles. The number of nitrogens with one attached hydrogen (secondary N) is 1. The van der Waals surface area contributed by atoms with Crippen LogP contribution in [0.2, 0.25) is 5.02 Å². The second-order valence-electron chi connectivity index (χ2n) is 4.70. The first-order valence-electron chi connectivity index (χ1n) is 6.25. The highest BCUT2D eigenvalue weighted by Crippen LogP contribution is 2.21. The SMILES string of the molecule is CCCS(=O)(=O)NCC(c1cccc(Cl)c1)N(C)C. The molecule has 0 bridgehead atoms. The number of rotatable bonds is 7. The van der Waals surface area contributed by atoms with Crippen molar-refractivity contribution in [2.45, 2.75) is 19.4 Å². The zero-order valence-corrected chi connectivity index (χ0v) is 13.1. The highest BCUT2D eigenvalue weighted by molar-refractivity contribution is 7.89. The summed E-state index contributed by atoms with van der Waals surface area (Å²) >= 11 is 5.98. The van der Waals surface area contributed by atoms with Crippen LogP contribution in [0.4, 0.5) is 0 Å². The fourth-order valence-corrected chi connectivity index (χ4v) is 3.15. The third kappa shape index (κ3) is 5.48. The lowest BCUT2D eigenvalue weighted by atomic mass is 10.1. The molecule has 0 saturated carbocycles. The smallest absolute Gasteiger partial charge is 0.211 e. The Morgan fingerprint density at radius 3 is 2.58 bits per heavy atom. The molecule has 0 spiro atoms. The normalized spacial score (nSPS) is 13.7. The molecule has 0 fully saturated rings. The van der Waals surface area contributed by atoms with Gasteiger partial charge >= 0.3 is 0 Å². The fourth-order valence-electron chi connectivity index (χ4n) is 1.86. The van der Waals surface area contributed by atoms with Crippen molar-refractivity contribution in [3.8, 4) is 0 Å². The Labute approximate surface area is 120 Å². The maximum Gasteiger partial charge on any atom is 0.211 e. The molecule has 0 amide bonds. The predicted octanol–water partition coefficient (Wildman–Crippen LogP) is 2.27. The second kappa shape index (κ2) is 7.24. The van der Waals surface area contributed by atoms with Gasteiger partial charge in [0.2, 0.25) is 10.0 Å². The Balaban J connectivity index is 2.80. The zero-order valence-electron chi connectivity index (χ0n) is 11.6. The molecule has 1 N–H and O–H groups in total. The molecule has 0 aliphatic carbocycles. The molecule has 0 aromatic heterocycles. The third-order valence-electron chi connectivity index (χ3n) is 2.83. The summed E-state index contributed by atoms with van der Waals surface area (Å²) in [6.45, 7) is 2.19. The van der Waals surface area contributed by atoms with Crippen LogP contribution in [0, 0.1) is 0 Å². The number of hydrogen-bond donors (Lipinski definition) is 1. The van der Waals surface area contributed by atoms with E-state index in [4.69, 9.17) is 11.6 Å². The van der Waals surface area contributed by atoms with E-state index in [-0.39, 0.29) is 11.8 Å². The van der Waals surface area contributed by atoms with E-state index in [1.807, 2.05) is 44.1 Å². The molecule has 1 rings (SSSR count). The van der Waals surface area contributed by atoms with Crippen LogP contribution in [-0.2, 0) is 10.0 Å². The number of likely N-dealkylation sites (N-methyl/N-ethyl adjacent to an activating group) is 1. The number of hydrogen-bond acceptors (Lipinski definition) is 3. The molecule has 0 saturated heterocycles. The minimum absolute atomic E-state index is 0.0367. The van der Waals surface area contributed by atoms with Crippen molar-refractivity contribution >= 4 is 21.6 Å². The van der Waals surface area contributed by atoms with Gasteiger partial charge in [-0.2, -0.15) is 0 Å². The molecule has 1 aromatic carbocycles. The Bertz CT molecular complexity index is 503. The second-order valence-corrected chi connectivity index (χ2v) is 7.06. The summed E-state index contributed by atoms with van der Waals surface area (Å²) in [7, 11) is 0.645. The van der Waals surface area contributed by atoms with Crippen LogP contribution >= 0.6 is 11.6 Å². The van der Waals surface area contributed by atoms with Crippen molar-refractivity contribution in [1.29, 1.82) is 0 Å². The average molecular weight is 305 g/mol. The van der Waals surface area contributed by atoms with Gasteiger partial charge in [0, 0.05) is 17.6 Å². The lowest BCUT2D eigenvalue weighted by Gasteiger charge is -2.25. The van der Waals surface area contributed by atoms with Gasteiger partial charge in [-0.1, -0.05) is 30.7 Å². The summed E-state index contributed by atoms with van der Waals surface area (Å²) in [5.41, 5.74) is 0.997. The average Bonchev–Trinajstić information content (AvgIpc) is 2.28. The molecule has 108 valence electrons. The summed E-state index contributed by atoms with van der Waals surface area (Å²) in [4.78, 5) is 1.97. The Kier molecular flexibility index (Phi) is 6.26. The van der Waals surface area contributed by atoms with Crippen LogP contribution in [-0.4, -0.2) is 39.7 Å². The summed E-state index contributed by atoms with van der Waals surface area (Å²) in [6, 6.07) is 7.45. The van der Waals surface area contributed by atoms with Gasteiger partial charge in [-0.15, -0.1) is 0 Å². The van der Waals surface area contributed by atoms with Gasteiger partial charge in [0.1, 0.15) is 0 Å². The molecular weight excluding hydrogens is 284 g/mol. The van der Waals surface area contributed by atoms with Gasteiger partial charge in [0.25, 0.3) is 0 Å². The van der Waals surface area contributed by atoms with Gasteiger partial charge in [-0.3, -0.25) is 0 Å². The van der Waals surface area contributed by atoms with Crippen molar-refractivity contribution in [2.75, 3.05) is 26.4 Å². The standard InChI is InChI=1S/C13H21ClN2O2S/c1-4-8-19(17,18)15-10-13(16(2)3)11-6-5-7-12(14)9-11/h5-7,9,13,15H,4,8,10H2,1-3H3. The van der Waals surface area contributed by atoms with Crippen LogP contribution < -0.4 is 4.72 Å². The van der Waals surface area contributed by atoms with Gasteiger partial charge in [-0.05, 0) is 38.2 Å². The molecule has 1 atom stereocenters. The third-order valence-corrected chi connectivity index (χ3v) is 4.61. The Morgan fingerprint density at radius 1 is 1.37 bits per heavy atom. The van der Waals surface area contributed by atoms with Crippen molar-refractivity contribution in [2.24, 2.45) is 0 Å².